The predicted octanol–water partition coefficient (Wildman–Crippen LogP) is 2.36. The maximum absolute atomic E-state index is 12.8. The Bertz CT molecular complexity index is 820. The molecular formula is C20H25ClN4O3. The molecule has 1 N–H and O–H groups in total. The van der Waals surface area contributed by atoms with Gasteiger partial charge in [-0.2, -0.15) is 5.26 Å². The average Bonchev–Trinajstić information content (AvgIpc) is 3.35. The van der Waals surface area contributed by atoms with Gasteiger partial charge in [-0.3, -0.25) is 14.9 Å². The van der Waals surface area contributed by atoms with Crippen molar-refractivity contribution in [3.05, 3.63) is 28.3 Å². The highest BCUT2D eigenvalue weighted by Gasteiger charge is 2.38. The van der Waals surface area contributed by atoms with E-state index in [4.69, 9.17) is 16.3 Å². The first kappa shape index (κ1) is 20.4. The normalized spacial score (nSPS) is 24.1. The van der Waals surface area contributed by atoms with Crippen molar-refractivity contribution in [2.75, 3.05) is 27.7 Å². The summed E-state index contributed by atoms with van der Waals surface area (Å²) >= 11 is 6.57. The van der Waals surface area contributed by atoms with Crippen molar-refractivity contribution in [3.63, 3.8) is 0 Å². The fourth-order valence-corrected chi connectivity index (χ4v) is 4.37. The quantitative estimate of drug-likeness (QED) is 0.832. The van der Waals surface area contributed by atoms with Crippen LogP contribution in [0.4, 0.5) is 0 Å². The number of benzene rings is 1. The molecule has 3 atom stereocenters. The van der Waals surface area contributed by atoms with Gasteiger partial charge in [0, 0.05) is 26.7 Å². The Kier molecular flexibility index (Phi) is 6.11. The van der Waals surface area contributed by atoms with Crippen molar-refractivity contribution in [2.24, 2.45) is 0 Å². The smallest absolute Gasteiger partial charge is 0.257 e. The number of nitriles is 1. The number of amides is 2. The number of carbonyl (C=O) groups is 2. The molecule has 2 aliphatic rings. The summed E-state index contributed by atoms with van der Waals surface area (Å²) in [7, 11) is 4.83. The highest BCUT2D eigenvalue weighted by atomic mass is 35.5. The summed E-state index contributed by atoms with van der Waals surface area (Å²) in [6.45, 7) is 0.635. The summed E-state index contributed by atoms with van der Waals surface area (Å²) in [6.07, 6.45) is 3.02. The maximum atomic E-state index is 12.8. The lowest BCUT2D eigenvalue weighted by atomic mass is 10.0. The van der Waals surface area contributed by atoms with E-state index in [1.165, 1.54) is 12.0 Å². The third kappa shape index (κ3) is 3.67. The van der Waals surface area contributed by atoms with E-state index in [1.54, 1.807) is 25.1 Å². The molecule has 0 unspecified atom stereocenters. The van der Waals surface area contributed by atoms with Gasteiger partial charge in [-0.25, -0.2) is 0 Å². The van der Waals surface area contributed by atoms with Crippen LogP contribution in [0.5, 0.6) is 5.75 Å². The minimum absolute atomic E-state index is 0.0194. The van der Waals surface area contributed by atoms with Crippen LogP contribution in [0.15, 0.2) is 12.1 Å². The Morgan fingerprint density at radius 1 is 1.32 bits per heavy atom. The van der Waals surface area contributed by atoms with E-state index in [2.05, 4.69) is 11.4 Å². The van der Waals surface area contributed by atoms with Gasteiger partial charge in [0.15, 0.2) is 5.75 Å². The van der Waals surface area contributed by atoms with Gasteiger partial charge in [0.05, 0.1) is 29.8 Å². The average molecular weight is 405 g/mol. The Morgan fingerprint density at radius 2 is 2.07 bits per heavy atom. The van der Waals surface area contributed by atoms with Crippen LogP contribution in [-0.2, 0) is 4.79 Å². The van der Waals surface area contributed by atoms with Gasteiger partial charge in [-0.1, -0.05) is 17.7 Å². The van der Waals surface area contributed by atoms with Crippen LogP contribution < -0.4 is 10.1 Å². The van der Waals surface area contributed by atoms with Crippen molar-refractivity contribution in [1.29, 1.82) is 5.26 Å². The maximum Gasteiger partial charge on any atom is 0.257 e. The highest BCUT2D eigenvalue weighted by Crippen LogP contribution is 2.39. The van der Waals surface area contributed by atoms with Crippen LogP contribution in [0.3, 0.4) is 0 Å². The second-order valence-electron chi connectivity index (χ2n) is 7.42. The number of likely N-dealkylation sites (tertiary alicyclic amines) is 1. The van der Waals surface area contributed by atoms with Crippen molar-refractivity contribution in [1.82, 2.24) is 15.1 Å². The van der Waals surface area contributed by atoms with Gasteiger partial charge in [0.2, 0.25) is 5.91 Å². The molecule has 0 radical (unpaired) electrons. The molecule has 0 bridgehead atoms. The van der Waals surface area contributed by atoms with Crippen molar-refractivity contribution < 1.29 is 14.3 Å². The lowest BCUT2D eigenvalue weighted by molar-refractivity contribution is -0.133. The molecule has 0 saturated carbocycles. The van der Waals surface area contributed by atoms with Crippen molar-refractivity contribution in [2.45, 2.75) is 43.8 Å². The van der Waals surface area contributed by atoms with E-state index in [0.717, 1.165) is 24.8 Å². The number of carbonyl (C=O) groups excluding carboxylic acids is 2. The summed E-state index contributed by atoms with van der Waals surface area (Å²) < 4.78 is 5.41. The number of ether oxygens (including phenoxy) is 1. The van der Waals surface area contributed by atoms with Crippen LogP contribution in [0.1, 0.15) is 47.6 Å². The van der Waals surface area contributed by atoms with Gasteiger partial charge in [0.1, 0.15) is 6.04 Å². The molecule has 2 amide bonds. The number of rotatable bonds is 4. The van der Waals surface area contributed by atoms with Gasteiger partial charge < -0.3 is 14.5 Å². The van der Waals surface area contributed by atoms with Crippen molar-refractivity contribution >= 4 is 23.4 Å². The molecule has 1 aromatic carbocycles. The molecule has 150 valence electrons. The monoisotopic (exact) mass is 404 g/mol. The zero-order chi connectivity index (χ0) is 20.4. The molecule has 2 fully saturated rings. The zero-order valence-electron chi connectivity index (χ0n) is 16.4. The minimum Gasteiger partial charge on any atom is -0.494 e. The number of nitrogens with one attached hydrogen (secondary N) is 1. The molecule has 0 aromatic heterocycles. The second kappa shape index (κ2) is 8.38. The Hall–Kier alpha value is -2.30. The summed E-state index contributed by atoms with van der Waals surface area (Å²) in [6, 6.07) is 4.98. The van der Waals surface area contributed by atoms with Crippen molar-refractivity contribution in [3.8, 4) is 11.8 Å². The Balaban J connectivity index is 1.79. The molecular weight excluding hydrogens is 380 g/mol. The highest BCUT2D eigenvalue weighted by molar-refractivity contribution is 6.33. The first-order chi connectivity index (χ1) is 13.4. The van der Waals surface area contributed by atoms with E-state index in [9.17, 15) is 14.9 Å². The standard InChI is InChI=1S/C20H25ClN4O3/c1-24(2)19(26)14-7-6-13(17(21)18(14)28-3)15-8-9-16(23-15)20(27)25-10-4-5-12(25)11-22/h6-7,12,15-16,23H,4-5,8-10H2,1-3H3/t12-,15+,16-/m0/s1. The molecule has 28 heavy (non-hydrogen) atoms. The lowest BCUT2D eigenvalue weighted by Gasteiger charge is -2.24. The van der Waals surface area contributed by atoms with Crippen LogP contribution in [-0.4, -0.2) is 61.4 Å². The number of hydrogen-bond donors (Lipinski definition) is 1. The van der Waals surface area contributed by atoms with Gasteiger partial charge >= 0.3 is 0 Å². The zero-order valence-corrected chi connectivity index (χ0v) is 17.1. The van der Waals surface area contributed by atoms with E-state index >= 15 is 0 Å². The van der Waals surface area contributed by atoms with Crippen LogP contribution in [0.2, 0.25) is 5.02 Å². The molecule has 8 heteroatoms. The Morgan fingerprint density at radius 3 is 2.71 bits per heavy atom. The molecule has 7 nitrogen and oxygen atoms in total. The van der Waals surface area contributed by atoms with E-state index in [-0.39, 0.29) is 29.9 Å². The largest absolute Gasteiger partial charge is 0.494 e. The summed E-state index contributed by atoms with van der Waals surface area (Å²) in [5, 5.41) is 13.0. The minimum atomic E-state index is -0.330. The van der Waals surface area contributed by atoms with Crippen LogP contribution in [0.25, 0.3) is 0 Å². The van der Waals surface area contributed by atoms with Gasteiger partial charge in [-0.05, 0) is 37.3 Å². The van der Waals surface area contributed by atoms with Crippen LogP contribution in [0, 0.1) is 11.3 Å². The Labute approximate surface area is 170 Å². The third-order valence-electron chi connectivity index (χ3n) is 5.47. The summed E-state index contributed by atoms with van der Waals surface area (Å²) in [5.74, 6) is 0.141. The fourth-order valence-electron chi connectivity index (χ4n) is 4.00. The SMILES string of the molecule is COc1c(C(=O)N(C)C)ccc([C@H]2CC[C@@H](C(=O)N3CCC[C@H]3C#N)N2)c1Cl. The summed E-state index contributed by atoms with van der Waals surface area (Å²) in [5.41, 5.74) is 1.21. The predicted molar refractivity (Wildman–Crippen MR) is 105 cm³/mol. The first-order valence-electron chi connectivity index (χ1n) is 9.43. The van der Waals surface area contributed by atoms with E-state index in [1.807, 2.05) is 6.07 Å². The molecule has 3 rings (SSSR count). The van der Waals surface area contributed by atoms with E-state index < -0.39 is 0 Å². The molecule has 1 aromatic rings. The molecule has 2 saturated heterocycles. The lowest BCUT2D eigenvalue weighted by Crippen LogP contribution is -2.45. The molecule has 0 spiro atoms. The molecule has 0 aliphatic carbocycles. The van der Waals surface area contributed by atoms with Gasteiger partial charge in [-0.15, -0.1) is 0 Å². The second-order valence-corrected chi connectivity index (χ2v) is 7.80. The van der Waals surface area contributed by atoms with Gasteiger partial charge in [0.25, 0.3) is 5.91 Å². The number of methoxy groups -OCH3 is 1. The number of halogens is 1. The van der Waals surface area contributed by atoms with E-state index in [0.29, 0.717) is 29.3 Å². The molecule has 2 heterocycles. The molecule has 2 aliphatic heterocycles. The first-order valence-corrected chi connectivity index (χ1v) is 9.81. The number of hydrogen-bond acceptors (Lipinski definition) is 5. The third-order valence-corrected chi connectivity index (χ3v) is 5.86. The fraction of sp³-hybridized carbons (Fsp3) is 0.550. The van der Waals surface area contributed by atoms with Crippen LogP contribution >= 0.6 is 11.6 Å². The summed E-state index contributed by atoms with van der Waals surface area (Å²) in [4.78, 5) is 28.3. The number of nitrogens with zero attached hydrogens (tertiary/aromatic N) is 3. The topological polar surface area (TPSA) is 85.7 Å².